The van der Waals surface area contributed by atoms with Crippen LogP contribution in [0.2, 0.25) is 0 Å². The maximum absolute atomic E-state index is 12.2. The average Bonchev–Trinajstić information content (AvgIpc) is 2.46. The van der Waals surface area contributed by atoms with Crippen LogP contribution in [0.15, 0.2) is 30.3 Å². The number of likely N-dealkylation sites (tertiary alicyclic amines) is 1. The molecule has 5 nitrogen and oxygen atoms in total. The molecule has 1 amide bonds. The smallest absolute Gasteiger partial charge is 0.326 e. The number of carbonyl (C=O) groups excluding carboxylic acids is 1. The van der Waals surface area contributed by atoms with Crippen LogP contribution in [0.1, 0.15) is 30.9 Å². The third-order valence-corrected chi connectivity index (χ3v) is 3.42. The lowest BCUT2D eigenvalue weighted by atomic mass is 10.00. The van der Waals surface area contributed by atoms with Gasteiger partial charge in [-0.15, -0.1) is 0 Å². The number of amides is 1. The first-order chi connectivity index (χ1) is 9.11. The van der Waals surface area contributed by atoms with Crippen molar-refractivity contribution in [3.8, 4) is 0 Å². The molecule has 0 aliphatic carbocycles. The fourth-order valence-corrected chi connectivity index (χ4v) is 2.39. The summed E-state index contributed by atoms with van der Waals surface area (Å²) in [6.07, 6.45) is 0.725. The molecule has 1 saturated heterocycles. The molecule has 0 bridgehead atoms. The number of carboxylic acids is 1. The van der Waals surface area contributed by atoms with Gasteiger partial charge in [0.05, 0.1) is 0 Å². The van der Waals surface area contributed by atoms with Crippen LogP contribution < -0.4 is 0 Å². The summed E-state index contributed by atoms with van der Waals surface area (Å²) in [6, 6.07) is 7.75. The van der Waals surface area contributed by atoms with E-state index >= 15 is 0 Å². The summed E-state index contributed by atoms with van der Waals surface area (Å²) in [4.78, 5) is 24.7. The van der Waals surface area contributed by atoms with Crippen molar-refractivity contribution in [2.45, 2.75) is 31.4 Å². The molecule has 0 aromatic heterocycles. The Labute approximate surface area is 111 Å². The van der Waals surface area contributed by atoms with Gasteiger partial charge in [0.1, 0.15) is 6.04 Å². The van der Waals surface area contributed by atoms with Gasteiger partial charge in [-0.05, 0) is 24.8 Å². The summed E-state index contributed by atoms with van der Waals surface area (Å²) in [7, 11) is 0. The highest BCUT2D eigenvalue weighted by molar-refractivity contribution is 5.87. The molecule has 1 aromatic rings. The number of benzene rings is 1. The molecule has 1 aromatic carbocycles. The van der Waals surface area contributed by atoms with Gasteiger partial charge in [-0.2, -0.15) is 0 Å². The number of aliphatic carboxylic acids is 1. The van der Waals surface area contributed by atoms with E-state index in [1.807, 2.05) is 0 Å². The van der Waals surface area contributed by atoms with Gasteiger partial charge in [-0.1, -0.05) is 30.3 Å². The molecule has 2 atom stereocenters. The molecule has 1 heterocycles. The molecule has 1 aliphatic rings. The third kappa shape index (κ3) is 2.93. The summed E-state index contributed by atoms with van der Waals surface area (Å²) in [5.74, 6) is -1.54. The SMILES string of the molecule is O=C(O)C1CCCCN1C(=O)[C@H](O)c1ccccc1. The van der Waals surface area contributed by atoms with Crippen molar-refractivity contribution in [2.24, 2.45) is 0 Å². The van der Waals surface area contributed by atoms with Gasteiger partial charge in [0.2, 0.25) is 0 Å². The quantitative estimate of drug-likeness (QED) is 0.858. The fraction of sp³-hybridized carbons (Fsp3) is 0.429. The van der Waals surface area contributed by atoms with E-state index in [0.29, 0.717) is 18.5 Å². The minimum absolute atomic E-state index is 0.389. The number of nitrogens with zero attached hydrogens (tertiary/aromatic N) is 1. The number of hydrogen-bond donors (Lipinski definition) is 2. The summed E-state index contributed by atoms with van der Waals surface area (Å²) in [6.45, 7) is 0.389. The number of rotatable bonds is 3. The van der Waals surface area contributed by atoms with E-state index in [1.165, 1.54) is 4.90 Å². The third-order valence-electron chi connectivity index (χ3n) is 3.42. The highest BCUT2D eigenvalue weighted by Gasteiger charge is 2.35. The lowest BCUT2D eigenvalue weighted by Gasteiger charge is -2.34. The highest BCUT2D eigenvalue weighted by Crippen LogP contribution is 2.23. The van der Waals surface area contributed by atoms with E-state index in [0.717, 1.165) is 12.8 Å². The van der Waals surface area contributed by atoms with E-state index < -0.39 is 24.0 Å². The number of aliphatic hydroxyl groups is 1. The van der Waals surface area contributed by atoms with Gasteiger partial charge in [-0.25, -0.2) is 4.79 Å². The van der Waals surface area contributed by atoms with Crippen LogP contribution in [0, 0.1) is 0 Å². The largest absolute Gasteiger partial charge is 0.480 e. The van der Waals surface area contributed by atoms with Gasteiger partial charge < -0.3 is 15.1 Å². The second-order valence-corrected chi connectivity index (χ2v) is 4.69. The maximum atomic E-state index is 12.2. The molecule has 2 rings (SSSR count). The Bertz CT molecular complexity index is 460. The van der Waals surface area contributed by atoms with Crippen LogP contribution in [0.5, 0.6) is 0 Å². The Hall–Kier alpha value is -1.88. The second-order valence-electron chi connectivity index (χ2n) is 4.69. The second kappa shape index (κ2) is 5.84. The minimum atomic E-state index is -1.29. The van der Waals surface area contributed by atoms with Crippen molar-refractivity contribution >= 4 is 11.9 Å². The fourth-order valence-electron chi connectivity index (χ4n) is 2.39. The van der Waals surface area contributed by atoms with Gasteiger partial charge in [0, 0.05) is 6.54 Å². The molecular formula is C14H17NO4. The van der Waals surface area contributed by atoms with Crippen LogP contribution in [0.4, 0.5) is 0 Å². The van der Waals surface area contributed by atoms with E-state index in [4.69, 9.17) is 5.11 Å². The Morgan fingerprint density at radius 1 is 1.21 bits per heavy atom. The van der Waals surface area contributed by atoms with Crippen LogP contribution in [0.25, 0.3) is 0 Å². The molecule has 19 heavy (non-hydrogen) atoms. The highest BCUT2D eigenvalue weighted by atomic mass is 16.4. The first-order valence-corrected chi connectivity index (χ1v) is 6.37. The van der Waals surface area contributed by atoms with Gasteiger partial charge in [-0.3, -0.25) is 4.79 Å². The van der Waals surface area contributed by atoms with E-state index in [-0.39, 0.29) is 0 Å². The molecule has 0 spiro atoms. The lowest BCUT2D eigenvalue weighted by molar-refractivity contribution is -0.156. The van der Waals surface area contributed by atoms with Gasteiger partial charge in [0.15, 0.2) is 6.10 Å². The standard InChI is InChI=1S/C14H17NO4/c16-12(10-6-2-1-3-7-10)13(17)15-9-5-4-8-11(15)14(18)19/h1-3,6-7,11-12,16H,4-5,8-9H2,(H,18,19)/t11?,12-/m1/s1. The van der Waals surface area contributed by atoms with Crippen LogP contribution in [0.3, 0.4) is 0 Å². The molecule has 1 fully saturated rings. The Kier molecular flexibility index (Phi) is 4.16. The van der Waals surface area contributed by atoms with Crippen molar-refractivity contribution in [3.05, 3.63) is 35.9 Å². The normalized spacial score (nSPS) is 20.9. The van der Waals surface area contributed by atoms with Crippen LogP contribution in [-0.2, 0) is 9.59 Å². The van der Waals surface area contributed by atoms with Crippen LogP contribution in [-0.4, -0.2) is 39.6 Å². The molecular weight excluding hydrogens is 246 g/mol. The first kappa shape index (κ1) is 13.5. The predicted molar refractivity (Wildman–Crippen MR) is 68.4 cm³/mol. The number of carbonyl (C=O) groups is 2. The zero-order chi connectivity index (χ0) is 13.8. The minimum Gasteiger partial charge on any atom is -0.480 e. The van der Waals surface area contributed by atoms with E-state index in [9.17, 15) is 14.7 Å². The summed E-state index contributed by atoms with van der Waals surface area (Å²) in [5, 5.41) is 19.2. The first-order valence-electron chi connectivity index (χ1n) is 6.37. The lowest BCUT2D eigenvalue weighted by Crippen LogP contribution is -2.49. The van der Waals surface area contributed by atoms with Crippen molar-refractivity contribution in [2.75, 3.05) is 6.54 Å². The van der Waals surface area contributed by atoms with Crippen molar-refractivity contribution in [1.82, 2.24) is 4.90 Å². The van der Waals surface area contributed by atoms with Crippen molar-refractivity contribution in [3.63, 3.8) is 0 Å². The summed E-state index contributed by atoms with van der Waals surface area (Å²) < 4.78 is 0. The van der Waals surface area contributed by atoms with Crippen molar-refractivity contribution < 1.29 is 19.8 Å². The molecule has 1 unspecified atom stereocenters. The van der Waals surface area contributed by atoms with Crippen molar-refractivity contribution in [1.29, 1.82) is 0 Å². The zero-order valence-electron chi connectivity index (χ0n) is 10.5. The topological polar surface area (TPSA) is 77.8 Å². The molecule has 0 saturated carbocycles. The summed E-state index contributed by atoms with van der Waals surface area (Å²) >= 11 is 0. The van der Waals surface area contributed by atoms with Gasteiger partial charge >= 0.3 is 5.97 Å². The monoisotopic (exact) mass is 263 g/mol. The Morgan fingerprint density at radius 3 is 2.53 bits per heavy atom. The Balaban J connectivity index is 2.15. The zero-order valence-corrected chi connectivity index (χ0v) is 10.5. The molecule has 0 radical (unpaired) electrons. The summed E-state index contributed by atoms with van der Waals surface area (Å²) in [5.41, 5.74) is 0.488. The average molecular weight is 263 g/mol. The molecule has 102 valence electrons. The molecule has 2 N–H and O–H groups in total. The Morgan fingerprint density at radius 2 is 1.89 bits per heavy atom. The van der Waals surface area contributed by atoms with E-state index in [2.05, 4.69) is 0 Å². The molecule has 1 aliphatic heterocycles. The maximum Gasteiger partial charge on any atom is 0.326 e. The number of aliphatic hydroxyl groups excluding tert-OH is 1. The number of hydrogen-bond acceptors (Lipinski definition) is 3. The molecule has 5 heteroatoms. The number of piperidine rings is 1. The van der Waals surface area contributed by atoms with E-state index in [1.54, 1.807) is 30.3 Å². The predicted octanol–water partition coefficient (Wildman–Crippen LogP) is 1.19. The van der Waals surface area contributed by atoms with Crippen LogP contribution >= 0.6 is 0 Å². The van der Waals surface area contributed by atoms with Gasteiger partial charge in [0.25, 0.3) is 5.91 Å². The number of carboxylic acid groups (broad SMARTS) is 1.